The maximum atomic E-state index is 13.0. The number of phenolic OH excluding ortho intramolecular Hbond substituents is 1. The second-order valence-electron chi connectivity index (χ2n) is 7.81. The highest BCUT2D eigenvalue weighted by Crippen LogP contribution is 2.44. The van der Waals surface area contributed by atoms with E-state index in [0.29, 0.717) is 50.6 Å². The Balaban J connectivity index is 1.52. The molecule has 0 spiro atoms. The molecule has 0 aliphatic carbocycles. The Bertz CT molecular complexity index is 951. The molecule has 0 radical (unpaired) electrons. The molecular formula is C20H26N4O5. The van der Waals surface area contributed by atoms with Crippen LogP contribution in [0.5, 0.6) is 11.5 Å². The van der Waals surface area contributed by atoms with Gasteiger partial charge in [0.15, 0.2) is 0 Å². The molecule has 1 aromatic carbocycles. The minimum Gasteiger partial charge on any atom is -0.585 e. The van der Waals surface area contributed by atoms with E-state index in [4.69, 9.17) is 14.0 Å². The number of rotatable bonds is 3. The van der Waals surface area contributed by atoms with Gasteiger partial charge in [-0.15, -0.1) is 5.01 Å². The van der Waals surface area contributed by atoms with Gasteiger partial charge in [0, 0.05) is 5.56 Å². The van der Waals surface area contributed by atoms with Crippen LogP contribution in [0.15, 0.2) is 10.7 Å². The number of aromatic hydroxyl groups is 1. The van der Waals surface area contributed by atoms with Crippen molar-refractivity contribution in [3.05, 3.63) is 33.8 Å². The Morgan fingerprint density at radius 1 is 1.24 bits per heavy atom. The summed E-state index contributed by atoms with van der Waals surface area (Å²) in [7, 11) is 0. The molecule has 0 saturated carbocycles. The van der Waals surface area contributed by atoms with Crippen molar-refractivity contribution in [1.82, 2.24) is 5.27 Å². The number of phenols is 1. The van der Waals surface area contributed by atoms with Gasteiger partial charge in [-0.1, -0.05) is 0 Å². The normalized spacial score (nSPS) is 21.4. The van der Waals surface area contributed by atoms with Crippen LogP contribution in [0.3, 0.4) is 0 Å². The minimum absolute atomic E-state index is 0.131. The number of nitrogens with zero attached hydrogens (tertiary/aromatic N) is 4. The highest BCUT2D eigenvalue weighted by molar-refractivity contribution is 6.01. The van der Waals surface area contributed by atoms with E-state index in [-0.39, 0.29) is 5.88 Å². The second kappa shape index (κ2) is 7.22. The van der Waals surface area contributed by atoms with Crippen LogP contribution < -0.4 is 14.5 Å². The first-order valence-electron chi connectivity index (χ1n) is 9.78. The van der Waals surface area contributed by atoms with Crippen molar-refractivity contribution < 1.29 is 28.7 Å². The standard InChI is InChI=1S/C20H26N4O5/c1-12-13(2)18-15(14(3)17(12)25)5-6-20(4,28-18)19(26)21-16-11-24(22-29-16)23-7-9-27-10-8-23/h11H,5-10H2,1-4H3,(H-,21,22,25,26). The quantitative estimate of drug-likeness (QED) is 0.782. The number of morpholine rings is 1. The molecule has 1 amide bonds. The van der Waals surface area contributed by atoms with Gasteiger partial charge in [0.25, 0.3) is 6.20 Å². The number of hydrogen-bond acceptors (Lipinski definition) is 7. The highest BCUT2D eigenvalue weighted by atomic mass is 16.5. The molecule has 4 rings (SSSR count). The monoisotopic (exact) mass is 402 g/mol. The third kappa shape index (κ3) is 3.39. The number of hydrogen-bond donors (Lipinski definition) is 1. The Kier molecular flexibility index (Phi) is 4.85. The molecule has 156 valence electrons. The summed E-state index contributed by atoms with van der Waals surface area (Å²) in [6.07, 6.45) is 2.67. The van der Waals surface area contributed by atoms with Crippen LogP contribution in [0.4, 0.5) is 5.88 Å². The first-order chi connectivity index (χ1) is 13.8. The van der Waals surface area contributed by atoms with E-state index in [1.54, 1.807) is 17.9 Å². The van der Waals surface area contributed by atoms with Crippen LogP contribution in [0, 0.1) is 20.8 Å². The summed E-state index contributed by atoms with van der Waals surface area (Å²) in [5.41, 5.74) is 2.24. The highest BCUT2D eigenvalue weighted by Gasteiger charge is 2.37. The van der Waals surface area contributed by atoms with Gasteiger partial charge in [0.2, 0.25) is 5.27 Å². The number of fused-ring (bicyclic) bond motifs is 1. The lowest BCUT2D eigenvalue weighted by atomic mass is 9.86. The van der Waals surface area contributed by atoms with Gasteiger partial charge in [0.1, 0.15) is 28.9 Å². The van der Waals surface area contributed by atoms with Crippen molar-refractivity contribution in [2.45, 2.75) is 46.1 Å². The molecule has 1 saturated heterocycles. The summed E-state index contributed by atoms with van der Waals surface area (Å²) in [4.78, 5) is 14.5. The lowest BCUT2D eigenvalue weighted by Gasteiger charge is -2.40. The van der Waals surface area contributed by atoms with Crippen LogP contribution >= 0.6 is 0 Å². The van der Waals surface area contributed by atoms with Crippen molar-refractivity contribution in [3.8, 4) is 11.5 Å². The van der Waals surface area contributed by atoms with Gasteiger partial charge in [-0.25, -0.2) is 0 Å². The van der Waals surface area contributed by atoms with Gasteiger partial charge in [-0.05, 0) is 57.2 Å². The first-order valence-corrected chi connectivity index (χ1v) is 9.78. The van der Waals surface area contributed by atoms with E-state index in [9.17, 15) is 9.90 Å². The van der Waals surface area contributed by atoms with Crippen LogP contribution in [0.1, 0.15) is 35.6 Å². The van der Waals surface area contributed by atoms with E-state index in [0.717, 1.165) is 22.3 Å². The van der Waals surface area contributed by atoms with Gasteiger partial charge in [-0.3, -0.25) is 0 Å². The van der Waals surface area contributed by atoms with Crippen molar-refractivity contribution in [3.63, 3.8) is 0 Å². The molecule has 1 unspecified atom stereocenters. The first kappa shape index (κ1) is 19.5. The molecule has 1 atom stereocenters. The fourth-order valence-corrected chi connectivity index (χ4v) is 3.79. The van der Waals surface area contributed by atoms with Gasteiger partial charge in [0.05, 0.1) is 31.1 Å². The molecule has 29 heavy (non-hydrogen) atoms. The molecule has 2 aromatic rings. The summed E-state index contributed by atoms with van der Waals surface area (Å²) < 4.78 is 16.7. The van der Waals surface area contributed by atoms with E-state index in [2.05, 4.69) is 10.6 Å². The molecule has 0 bridgehead atoms. The van der Waals surface area contributed by atoms with Crippen molar-refractivity contribution in [1.29, 1.82) is 0 Å². The van der Waals surface area contributed by atoms with Crippen LogP contribution in [-0.2, 0) is 16.0 Å². The maximum Gasteiger partial charge on any atom is 0.257 e. The number of aromatic nitrogens is 2. The van der Waals surface area contributed by atoms with Crippen LogP contribution in [0.25, 0.3) is 5.32 Å². The van der Waals surface area contributed by atoms with E-state index in [1.165, 1.54) is 0 Å². The average Bonchev–Trinajstić information content (AvgIpc) is 3.20. The summed E-state index contributed by atoms with van der Waals surface area (Å²) >= 11 is 0. The Morgan fingerprint density at radius 2 is 1.97 bits per heavy atom. The SMILES string of the molecule is Cc1c(C)c2c(c(C)c1O)CCC(C)(C(=O)[N-]c1c[n+](N3CCOCC3)no1)O2. The molecule has 1 aromatic heterocycles. The summed E-state index contributed by atoms with van der Waals surface area (Å²) in [5.74, 6) is 0.665. The fraction of sp³-hybridized carbons (Fsp3) is 0.550. The third-order valence-corrected chi connectivity index (χ3v) is 5.90. The van der Waals surface area contributed by atoms with Crippen molar-refractivity contribution in [2.24, 2.45) is 0 Å². The number of benzene rings is 1. The molecule has 2 aliphatic heterocycles. The van der Waals surface area contributed by atoms with Gasteiger partial charge >= 0.3 is 0 Å². The van der Waals surface area contributed by atoms with Crippen molar-refractivity contribution >= 4 is 11.8 Å². The summed E-state index contributed by atoms with van der Waals surface area (Å²) in [6, 6.07) is 0. The largest absolute Gasteiger partial charge is 0.585 e. The van der Waals surface area contributed by atoms with E-state index < -0.39 is 11.5 Å². The van der Waals surface area contributed by atoms with Crippen LogP contribution in [-0.4, -0.2) is 48.2 Å². The number of carbonyl (C=O) groups is 1. The van der Waals surface area contributed by atoms with Gasteiger partial charge in [-0.2, -0.15) is 0 Å². The van der Waals surface area contributed by atoms with E-state index >= 15 is 0 Å². The Labute approximate surface area is 169 Å². The lowest BCUT2D eigenvalue weighted by molar-refractivity contribution is -0.759. The zero-order valence-corrected chi connectivity index (χ0v) is 17.2. The summed E-state index contributed by atoms with van der Waals surface area (Å²) in [6.45, 7) is 9.96. The molecule has 9 heteroatoms. The lowest BCUT2D eigenvalue weighted by Crippen LogP contribution is -2.62. The number of ether oxygens (including phenoxy) is 2. The number of carbonyl (C=O) groups excluding carboxylic acids is 1. The minimum atomic E-state index is -1.11. The Hall–Kier alpha value is -2.81. The molecular weight excluding hydrogens is 376 g/mol. The molecule has 3 heterocycles. The molecule has 1 fully saturated rings. The average molecular weight is 402 g/mol. The van der Waals surface area contributed by atoms with E-state index in [1.807, 2.05) is 25.8 Å². The molecule has 9 nitrogen and oxygen atoms in total. The number of amides is 1. The zero-order valence-electron chi connectivity index (χ0n) is 17.2. The molecule has 2 aliphatic rings. The smallest absolute Gasteiger partial charge is 0.257 e. The van der Waals surface area contributed by atoms with Gasteiger partial charge < -0.3 is 29.2 Å². The van der Waals surface area contributed by atoms with Crippen LogP contribution in [0.2, 0.25) is 0 Å². The van der Waals surface area contributed by atoms with Crippen molar-refractivity contribution in [2.75, 3.05) is 31.3 Å². The maximum absolute atomic E-state index is 13.0. The Morgan fingerprint density at radius 3 is 2.69 bits per heavy atom. The topological polar surface area (TPSA) is 103 Å². The summed E-state index contributed by atoms with van der Waals surface area (Å²) in [5, 5.41) is 20.3. The second-order valence-corrected chi connectivity index (χ2v) is 7.81. The third-order valence-electron chi connectivity index (χ3n) is 5.90. The predicted molar refractivity (Wildman–Crippen MR) is 103 cm³/mol. The molecule has 1 N–H and O–H groups in total. The fourth-order valence-electron chi connectivity index (χ4n) is 3.79. The zero-order chi connectivity index (χ0) is 20.8. The predicted octanol–water partition coefficient (Wildman–Crippen LogP) is 1.88.